The number of carboxylic acid groups (broad SMARTS) is 1. The summed E-state index contributed by atoms with van der Waals surface area (Å²) in [6.45, 7) is 3.83. The number of aliphatic carboxylic acids is 1. The fraction of sp³-hybridized carbons (Fsp3) is 0.500. The van der Waals surface area contributed by atoms with Gasteiger partial charge in [-0.25, -0.2) is 4.79 Å². The molecular weight excluding hydrogens is 174 g/mol. The third-order valence-electron chi connectivity index (χ3n) is 1.17. The van der Waals surface area contributed by atoms with Gasteiger partial charge in [-0.05, 0) is 6.42 Å². The second kappa shape index (κ2) is 7.15. The van der Waals surface area contributed by atoms with Crippen LogP contribution in [0.4, 0.5) is 4.79 Å². The van der Waals surface area contributed by atoms with Gasteiger partial charge in [0.25, 0.3) is 0 Å². The van der Waals surface area contributed by atoms with Gasteiger partial charge >= 0.3 is 12.1 Å². The molecule has 0 aliphatic carbocycles. The molecule has 0 atom stereocenters. The average Bonchev–Trinajstić information content (AvgIpc) is 2.08. The zero-order valence-electron chi connectivity index (χ0n) is 7.28. The molecule has 0 aliphatic heterocycles. The molecule has 0 fully saturated rings. The molecule has 0 saturated heterocycles. The van der Waals surface area contributed by atoms with Gasteiger partial charge in [-0.2, -0.15) is 0 Å². The lowest BCUT2D eigenvalue weighted by molar-refractivity contribution is -0.137. The normalized spacial score (nSPS) is 8.92. The Balaban J connectivity index is 3.26. The molecule has 0 radical (unpaired) electrons. The smallest absolute Gasteiger partial charge is 0.407 e. The van der Waals surface area contributed by atoms with Crippen LogP contribution in [0.15, 0.2) is 12.7 Å². The van der Waals surface area contributed by atoms with Crippen LogP contribution in [0.25, 0.3) is 0 Å². The van der Waals surface area contributed by atoms with Crippen LogP contribution >= 0.6 is 0 Å². The highest BCUT2D eigenvalue weighted by atomic mass is 16.5. The van der Waals surface area contributed by atoms with Crippen molar-refractivity contribution in [3.05, 3.63) is 12.7 Å². The topological polar surface area (TPSA) is 75.6 Å². The van der Waals surface area contributed by atoms with Gasteiger partial charge in [-0.1, -0.05) is 12.7 Å². The van der Waals surface area contributed by atoms with E-state index in [1.807, 2.05) is 0 Å². The number of ether oxygens (including phenoxy) is 1. The summed E-state index contributed by atoms with van der Waals surface area (Å²) >= 11 is 0. The Morgan fingerprint density at radius 2 is 2.23 bits per heavy atom. The Bertz CT molecular complexity index is 191. The van der Waals surface area contributed by atoms with Crippen LogP contribution in [-0.4, -0.2) is 30.3 Å². The first-order valence-corrected chi connectivity index (χ1v) is 3.90. The summed E-state index contributed by atoms with van der Waals surface area (Å²) in [7, 11) is 0. The Morgan fingerprint density at radius 3 is 2.77 bits per heavy atom. The van der Waals surface area contributed by atoms with Gasteiger partial charge in [0.15, 0.2) is 0 Å². The number of carbonyl (C=O) groups is 2. The maximum absolute atomic E-state index is 10.7. The van der Waals surface area contributed by atoms with Crippen molar-refractivity contribution in [2.24, 2.45) is 0 Å². The minimum atomic E-state index is -0.874. The highest BCUT2D eigenvalue weighted by Crippen LogP contribution is 1.86. The molecule has 5 heteroatoms. The van der Waals surface area contributed by atoms with E-state index < -0.39 is 12.1 Å². The van der Waals surface area contributed by atoms with Gasteiger partial charge < -0.3 is 15.2 Å². The SMILES string of the molecule is C=CCOC(=O)NCCCC(=O)O. The number of alkyl carbamates (subject to hydrolysis) is 1. The molecule has 0 spiro atoms. The number of rotatable bonds is 6. The summed E-state index contributed by atoms with van der Waals surface area (Å²) in [4.78, 5) is 20.8. The Morgan fingerprint density at radius 1 is 1.54 bits per heavy atom. The van der Waals surface area contributed by atoms with E-state index in [2.05, 4.69) is 16.6 Å². The van der Waals surface area contributed by atoms with Crippen LogP contribution in [0.3, 0.4) is 0 Å². The molecule has 0 aromatic heterocycles. The predicted molar refractivity (Wildman–Crippen MR) is 46.4 cm³/mol. The van der Waals surface area contributed by atoms with Crippen LogP contribution in [0.5, 0.6) is 0 Å². The second-order valence-electron chi connectivity index (χ2n) is 2.31. The summed E-state index contributed by atoms with van der Waals surface area (Å²) < 4.78 is 4.58. The largest absolute Gasteiger partial charge is 0.481 e. The van der Waals surface area contributed by atoms with Crippen molar-refractivity contribution >= 4 is 12.1 Å². The summed E-state index contributed by atoms with van der Waals surface area (Å²) in [5.74, 6) is -0.874. The molecule has 74 valence electrons. The standard InChI is InChI=1S/C8H13NO4/c1-2-6-13-8(12)9-5-3-4-7(10)11/h2H,1,3-6H2,(H,9,12)(H,10,11). The van der Waals surface area contributed by atoms with Crippen molar-refractivity contribution in [3.63, 3.8) is 0 Å². The van der Waals surface area contributed by atoms with Crippen LogP contribution in [0.2, 0.25) is 0 Å². The third kappa shape index (κ3) is 8.39. The van der Waals surface area contributed by atoms with Gasteiger partial charge in [0.2, 0.25) is 0 Å². The highest BCUT2D eigenvalue weighted by Gasteiger charge is 2.00. The van der Waals surface area contributed by atoms with E-state index >= 15 is 0 Å². The van der Waals surface area contributed by atoms with Crippen LogP contribution in [0.1, 0.15) is 12.8 Å². The van der Waals surface area contributed by atoms with Crippen LogP contribution in [0, 0.1) is 0 Å². The Labute approximate surface area is 76.4 Å². The molecule has 0 unspecified atom stereocenters. The second-order valence-corrected chi connectivity index (χ2v) is 2.31. The summed E-state index contributed by atoms with van der Waals surface area (Å²) in [5.41, 5.74) is 0. The lowest BCUT2D eigenvalue weighted by Crippen LogP contribution is -2.25. The molecular formula is C8H13NO4. The van der Waals surface area contributed by atoms with Crippen molar-refractivity contribution in [1.29, 1.82) is 0 Å². The number of hydrogen-bond donors (Lipinski definition) is 2. The molecule has 0 heterocycles. The zero-order chi connectivity index (χ0) is 10.1. The van der Waals surface area contributed by atoms with Crippen molar-refractivity contribution < 1.29 is 19.4 Å². The lowest BCUT2D eigenvalue weighted by atomic mass is 10.3. The molecule has 0 rings (SSSR count). The number of carboxylic acids is 1. The minimum absolute atomic E-state index is 0.0434. The van der Waals surface area contributed by atoms with Crippen molar-refractivity contribution in [2.45, 2.75) is 12.8 Å². The fourth-order valence-corrected chi connectivity index (χ4v) is 0.616. The quantitative estimate of drug-likeness (QED) is 0.475. The number of amides is 1. The third-order valence-corrected chi connectivity index (χ3v) is 1.17. The average molecular weight is 187 g/mol. The van der Waals surface area contributed by atoms with E-state index in [0.29, 0.717) is 13.0 Å². The molecule has 0 aromatic rings. The Kier molecular flexibility index (Phi) is 6.31. The van der Waals surface area contributed by atoms with Crippen molar-refractivity contribution in [3.8, 4) is 0 Å². The molecule has 0 aromatic carbocycles. The van der Waals surface area contributed by atoms with E-state index in [-0.39, 0.29) is 13.0 Å². The number of hydrogen-bond acceptors (Lipinski definition) is 3. The monoisotopic (exact) mass is 187 g/mol. The molecule has 0 bridgehead atoms. The first-order chi connectivity index (χ1) is 6.16. The van der Waals surface area contributed by atoms with Gasteiger partial charge in [0.05, 0.1) is 0 Å². The molecule has 5 nitrogen and oxygen atoms in total. The highest BCUT2D eigenvalue weighted by molar-refractivity contribution is 5.68. The predicted octanol–water partition coefficient (Wildman–Crippen LogP) is 0.763. The van der Waals surface area contributed by atoms with Crippen LogP contribution < -0.4 is 5.32 Å². The first kappa shape index (κ1) is 11.5. The fourth-order valence-electron chi connectivity index (χ4n) is 0.616. The Hall–Kier alpha value is -1.52. The molecule has 0 aliphatic rings. The number of nitrogens with one attached hydrogen (secondary N) is 1. The van der Waals surface area contributed by atoms with E-state index in [1.54, 1.807) is 0 Å². The maximum Gasteiger partial charge on any atom is 0.407 e. The zero-order valence-corrected chi connectivity index (χ0v) is 7.28. The van der Waals surface area contributed by atoms with Crippen molar-refractivity contribution in [1.82, 2.24) is 5.32 Å². The van der Waals surface area contributed by atoms with Gasteiger partial charge in [0, 0.05) is 13.0 Å². The first-order valence-electron chi connectivity index (χ1n) is 3.90. The molecule has 0 saturated carbocycles. The molecule has 13 heavy (non-hydrogen) atoms. The molecule has 2 N–H and O–H groups in total. The summed E-state index contributed by atoms with van der Waals surface area (Å²) in [5, 5.41) is 10.7. The van der Waals surface area contributed by atoms with Crippen molar-refractivity contribution in [2.75, 3.05) is 13.2 Å². The van der Waals surface area contributed by atoms with Crippen LogP contribution in [-0.2, 0) is 9.53 Å². The van der Waals surface area contributed by atoms with Gasteiger partial charge in [-0.3, -0.25) is 4.79 Å². The van der Waals surface area contributed by atoms with Gasteiger partial charge in [0.1, 0.15) is 6.61 Å². The molecule has 1 amide bonds. The van der Waals surface area contributed by atoms with E-state index in [0.717, 1.165) is 0 Å². The van der Waals surface area contributed by atoms with E-state index in [9.17, 15) is 9.59 Å². The number of carbonyl (C=O) groups excluding carboxylic acids is 1. The van der Waals surface area contributed by atoms with E-state index in [4.69, 9.17) is 5.11 Å². The van der Waals surface area contributed by atoms with E-state index in [1.165, 1.54) is 6.08 Å². The minimum Gasteiger partial charge on any atom is -0.481 e. The lowest BCUT2D eigenvalue weighted by Gasteiger charge is -2.03. The summed E-state index contributed by atoms with van der Waals surface area (Å²) in [6, 6.07) is 0. The van der Waals surface area contributed by atoms with Gasteiger partial charge in [-0.15, -0.1) is 0 Å². The maximum atomic E-state index is 10.7. The summed E-state index contributed by atoms with van der Waals surface area (Å²) in [6.07, 6.45) is 1.35.